The van der Waals surface area contributed by atoms with Crippen molar-refractivity contribution >= 4 is 23.2 Å². The molecule has 0 saturated carbocycles. The normalized spacial score (nSPS) is 10.3. The second-order valence-electron chi connectivity index (χ2n) is 6.21. The van der Waals surface area contributed by atoms with Gasteiger partial charge in [-0.1, -0.05) is 18.2 Å². The lowest BCUT2D eigenvalue weighted by molar-refractivity contribution is 0.0949. The Labute approximate surface area is 157 Å². The molecule has 27 heavy (non-hydrogen) atoms. The minimum atomic E-state index is -0.288. The zero-order valence-electron chi connectivity index (χ0n) is 15.2. The van der Waals surface area contributed by atoms with Crippen molar-refractivity contribution in [3.63, 3.8) is 0 Å². The number of rotatable bonds is 6. The molecule has 0 aliphatic carbocycles. The van der Waals surface area contributed by atoms with Gasteiger partial charge < -0.3 is 20.0 Å². The van der Waals surface area contributed by atoms with Gasteiger partial charge >= 0.3 is 0 Å². The van der Waals surface area contributed by atoms with E-state index in [9.17, 15) is 9.59 Å². The number of furan rings is 1. The Balaban J connectivity index is 1.74. The number of amides is 2. The van der Waals surface area contributed by atoms with Gasteiger partial charge in [0.25, 0.3) is 11.8 Å². The molecule has 0 radical (unpaired) electrons. The minimum absolute atomic E-state index is 0.273. The van der Waals surface area contributed by atoms with E-state index < -0.39 is 0 Å². The highest BCUT2D eigenvalue weighted by Crippen LogP contribution is 2.18. The Hall–Kier alpha value is -3.54. The van der Waals surface area contributed by atoms with Crippen LogP contribution >= 0.6 is 0 Å². The third kappa shape index (κ3) is 4.55. The topological polar surface area (TPSA) is 74.6 Å². The van der Waals surface area contributed by atoms with E-state index in [0.29, 0.717) is 22.6 Å². The Morgan fingerprint density at radius 3 is 2.52 bits per heavy atom. The number of hydrogen-bond donors (Lipinski definition) is 2. The number of para-hydroxylation sites is 1. The lowest BCUT2D eigenvalue weighted by Crippen LogP contribution is -2.24. The van der Waals surface area contributed by atoms with Crippen molar-refractivity contribution in [1.82, 2.24) is 5.32 Å². The Morgan fingerprint density at radius 1 is 0.963 bits per heavy atom. The van der Waals surface area contributed by atoms with Crippen molar-refractivity contribution in [2.45, 2.75) is 6.54 Å². The maximum atomic E-state index is 12.6. The molecule has 0 fully saturated rings. The van der Waals surface area contributed by atoms with E-state index in [-0.39, 0.29) is 18.4 Å². The smallest absolute Gasteiger partial charge is 0.255 e. The van der Waals surface area contributed by atoms with Gasteiger partial charge in [0.1, 0.15) is 5.76 Å². The fraction of sp³-hybridized carbons (Fsp3) is 0.143. The molecule has 0 unspecified atom stereocenters. The Kier molecular flexibility index (Phi) is 5.56. The van der Waals surface area contributed by atoms with E-state index in [0.717, 1.165) is 5.69 Å². The lowest BCUT2D eigenvalue weighted by Gasteiger charge is -2.14. The molecule has 2 aromatic carbocycles. The van der Waals surface area contributed by atoms with Crippen molar-refractivity contribution in [3.8, 4) is 0 Å². The number of carbonyl (C=O) groups excluding carboxylic acids is 2. The molecule has 0 aliphatic heterocycles. The molecule has 0 aliphatic rings. The molecule has 2 N–H and O–H groups in total. The van der Waals surface area contributed by atoms with Crippen molar-refractivity contribution in [3.05, 3.63) is 83.8 Å². The van der Waals surface area contributed by atoms with Gasteiger partial charge in [-0.2, -0.15) is 0 Å². The summed E-state index contributed by atoms with van der Waals surface area (Å²) in [7, 11) is 3.82. The van der Waals surface area contributed by atoms with Crippen molar-refractivity contribution in [1.29, 1.82) is 0 Å². The molecule has 2 amide bonds. The number of carbonyl (C=O) groups is 2. The van der Waals surface area contributed by atoms with Crippen LogP contribution < -0.4 is 15.5 Å². The zero-order valence-corrected chi connectivity index (χ0v) is 15.2. The fourth-order valence-corrected chi connectivity index (χ4v) is 2.59. The molecule has 6 nitrogen and oxygen atoms in total. The highest BCUT2D eigenvalue weighted by molar-refractivity contribution is 6.09. The van der Waals surface area contributed by atoms with Crippen molar-refractivity contribution < 1.29 is 14.0 Å². The standard InChI is InChI=1S/C21H21N3O3/c1-24(2)16-8-5-7-15(13-16)20(25)23-19-11-4-3-10-18(19)21(26)22-14-17-9-6-12-27-17/h3-13H,14H2,1-2H3,(H,22,26)(H,23,25). The molecule has 1 heterocycles. The predicted octanol–water partition coefficient (Wildman–Crippen LogP) is 3.53. The second-order valence-corrected chi connectivity index (χ2v) is 6.21. The number of anilines is 2. The van der Waals surface area contributed by atoms with E-state index in [1.807, 2.05) is 31.1 Å². The summed E-state index contributed by atoms with van der Waals surface area (Å²) in [6, 6.07) is 17.7. The van der Waals surface area contributed by atoms with Gasteiger partial charge in [0.15, 0.2) is 0 Å². The molecule has 0 atom stereocenters. The van der Waals surface area contributed by atoms with Gasteiger partial charge in [-0.25, -0.2) is 0 Å². The van der Waals surface area contributed by atoms with Crippen LogP contribution in [0.2, 0.25) is 0 Å². The molecule has 3 rings (SSSR count). The quantitative estimate of drug-likeness (QED) is 0.703. The second kappa shape index (κ2) is 8.23. The summed E-state index contributed by atoms with van der Waals surface area (Å²) in [5.74, 6) is 0.0969. The van der Waals surface area contributed by atoms with Gasteiger partial charge in [0.05, 0.1) is 24.1 Å². The first-order chi connectivity index (χ1) is 13.0. The Morgan fingerprint density at radius 2 is 1.78 bits per heavy atom. The molecule has 0 bridgehead atoms. The van der Waals surface area contributed by atoms with Gasteiger partial charge in [-0.3, -0.25) is 9.59 Å². The van der Waals surface area contributed by atoms with Gasteiger partial charge in [-0.15, -0.1) is 0 Å². The third-order valence-electron chi connectivity index (χ3n) is 4.05. The molecule has 1 aromatic heterocycles. The number of nitrogens with one attached hydrogen (secondary N) is 2. The largest absolute Gasteiger partial charge is 0.467 e. The summed E-state index contributed by atoms with van der Waals surface area (Å²) in [4.78, 5) is 27.1. The van der Waals surface area contributed by atoms with Crippen LogP contribution in [-0.4, -0.2) is 25.9 Å². The van der Waals surface area contributed by atoms with E-state index in [4.69, 9.17) is 4.42 Å². The van der Waals surface area contributed by atoms with Crippen molar-refractivity contribution in [2.24, 2.45) is 0 Å². The van der Waals surface area contributed by atoms with Crippen LogP contribution in [0.3, 0.4) is 0 Å². The average Bonchev–Trinajstić information content (AvgIpc) is 3.20. The fourth-order valence-electron chi connectivity index (χ4n) is 2.59. The molecule has 3 aromatic rings. The van der Waals surface area contributed by atoms with Gasteiger partial charge in [0, 0.05) is 25.3 Å². The van der Waals surface area contributed by atoms with E-state index in [2.05, 4.69) is 10.6 Å². The van der Waals surface area contributed by atoms with Crippen LogP contribution in [0.15, 0.2) is 71.3 Å². The predicted molar refractivity (Wildman–Crippen MR) is 105 cm³/mol. The third-order valence-corrected chi connectivity index (χ3v) is 4.05. The SMILES string of the molecule is CN(C)c1cccc(C(=O)Nc2ccccc2C(=O)NCc2ccco2)c1. The molecule has 138 valence electrons. The molecule has 0 spiro atoms. The van der Waals surface area contributed by atoms with E-state index in [1.165, 1.54) is 0 Å². The molecular weight excluding hydrogens is 342 g/mol. The van der Waals surface area contributed by atoms with Crippen LogP contribution in [0.1, 0.15) is 26.5 Å². The Bertz CT molecular complexity index is 933. The first kappa shape index (κ1) is 18.3. The monoisotopic (exact) mass is 363 g/mol. The summed E-state index contributed by atoms with van der Waals surface area (Å²) in [6.45, 7) is 0.277. The first-order valence-electron chi connectivity index (χ1n) is 8.53. The number of hydrogen-bond acceptors (Lipinski definition) is 4. The summed E-state index contributed by atoms with van der Waals surface area (Å²) >= 11 is 0. The van der Waals surface area contributed by atoms with Crippen LogP contribution in [0.5, 0.6) is 0 Å². The highest BCUT2D eigenvalue weighted by Gasteiger charge is 2.14. The minimum Gasteiger partial charge on any atom is -0.467 e. The summed E-state index contributed by atoms with van der Waals surface area (Å²) in [6.07, 6.45) is 1.55. The summed E-state index contributed by atoms with van der Waals surface area (Å²) in [5.41, 5.74) is 2.29. The van der Waals surface area contributed by atoms with Gasteiger partial charge in [-0.05, 0) is 42.5 Å². The lowest BCUT2D eigenvalue weighted by atomic mass is 10.1. The zero-order chi connectivity index (χ0) is 19.2. The summed E-state index contributed by atoms with van der Waals surface area (Å²) in [5, 5.41) is 5.61. The van der Waals surface area contributed by atoms with Gasteiger partial charge in [0.2, 0.25) is 0 Å². The molecular formula is C21H21N3O3. The van der Waals surface area contributed by atoms with Crippen LogP contribution in [0.25, 0.3) is 0 Å². The molecule has 6 heteroatoms. The van der Waals surface area contributed by atoms with Crippen LogP contribution in [0.4, 0.5) is 11.4 Å². The number of benzene rings is 2. The van der Waals surface area contributed by atoms with Crippen LogP contribution in [0, 0.1) is 0 Å². The summed E-state index contributed by atoms with van der Waals surface area (Å²) < 4.78 is 5.21. The first-order valence-corrected chi connectivity index (χ1v) is 8.53. The average molecular weight is 363 g/mol. The maximum absolute atomic E-state index is 12.6. The van der Waals surface area contributed by atoms with Crippen LogP contribution in [-0.2, 0) is 6.54 Å². The van der Waals surface area contributed by atoms with E-state index in [1.54, 1.807) is 54.8 Å². The number of nitrogens with zero attached hydrogens (tertiary/aromatic N) is 1. The maximum Gasteiger partial charge on any atom is 0.255 e. The molecule has 0 saturated heterocycles. The highest BCUT2D eigenvalue weighted by atomic mass is 16.3. The van der Waals surface area contributed by atoms with Crippen molar-refractivity contribution in [2.75, 3.05) is 24.3 Å². The van der Waals surface area contributed by atoms with E-state index >= 15 is 0 Å².